The first-order chi connectivity index (χ1) is 11.1. The minimum Gasteiger partial charge on any atom is -0.493 e. The monoisotopic (exact) mass is 311 g/mol. The molecule has 0 spiro atoms. The smallest absolute Gasteiger partial charge is 0.179 e. The van der Waals surface area contributed by atoms with Crippen LogP contribution >= 0.6 is 0 Å². The van der Waals surface area contributed by atoms with E-state index in [4.69, 9.17) is 19.5 Å². The number of methoxy groups -OCH3 is 1. The van der Waals surface area contributed by atoms with Gasteiger partial charge < -0.3 is 14.2 Å². The number of hydrogen-bond donors (Lipinski definition) is 0. The molecule has 0 amide bonds. The fourth-order valence-corrected chi connectivity index (χ4v) is 2.36. The van der Waals surface area contributed by atoms with Gasteiger partial charge in [0.05, 0.1) is 12.7 Å². The average Bonchev–Trinajstić information content (AvgIpc) is 2.55. The molecule has 2 aromatic rings. The predicted octanol–water partition coefficient (Wildman–Crippen LogP) is 3.95. The van der Waals surface area contributed by atoms with Gasteiger partial charge in [-0.1, -0.05) is 12.1 Å². The highest BCUT2D eigenvalue weighted by molar-refractivity contribution is 5.52. The van der Waals surface area contributed by atoms with E-state index in [0.717, 1.165) is 11.3 Å². The first-order valence-corrected chi connectivity index (χ1v) is 7.47. The number of aryl methyl sites for hydroxylation is 2. The summed E-state index contributed by atoms with van der Waals surface area (Å²) in [6.07, 6.45) is 0. The van der Waals surface area contributed by atoms with Crippen LogP contribution in [0.3, 0.4) is 0 Å². The van der Waals surface area contributed by atoms with Crippen LogP contribution < -0.4 is 14.2 Å². The minimum atomic E-state index is 0.335. The minimum absolute atomic E-state index is 0.335. The summed E-state index contributed by atoms with van der Waals surface area (Å²) in [4.78, 5) is 0. The third-order valence-electron chi connectivity index (χ3n) is 3.67. The van der Waals surface area contributed by atoms with E-state index >= 15 is 0 Å². The number of nitriles is 1. The lowest BCUT2D eigenvalue weighted by atomic mass is 10.1. The third-order valence-corrected chi connectivity index (χ3v) is 3.67. The number of ether oxygens (including phenoxy) is 3. The van der Waals surface area contributed by atoms with Crippen LogP contribution in [0.4, 0.5) is 0 Å². The number of hydrogen-bond acceptors (Lipinski definition) is 4. The van der Waals surface area contributed by atoms with Crippen LogP contribution in [0.25, 0.3) is 0 Å². The summed E-state index contributed by atoms with van der Waals surface area (Å²) in [6.45, 7) is 6.89. The molecule has 0 aromatic heterocycles. The van der Waals surface area contributed by atoms with Gasteiger partial charge in [0.15, 0.2) is 11.5 Å². The molecule has 23 heavy (non-hydrogen) atoms. The Morgan fingerprint density at radius 1 is 1.00 bits per heavy atom. The number of para-hydroxylation sites is 1. The molecular weight excluding hydrogens is 290 g/mol. The summed E-state index contributed by atoms with van der Waals surface area (Å²) < 4.78 is 16.8. The Labute approximate surface area is 137 Å². The molecule has 0 atom stereocenters. The highest BCUT2D eigenvalue weighted by Crippen LogP contribution is 2.30. The van der Waals surface area contributed by atoms with Gasteiger partial charge in [0.25, 0.3) is 0 Å². The van der Waals surface area contributed by atoms with Crippen molar-refractivity contribution in [3.05, 3.63) is 52.6 Å². The van der Waals surface area contributed by atoms with Gasteiger partial charge in [-0.15, -0.1) is 0 Å². The standard InChI is InChI=1S/C19H21NO3/c1-13-10-14(2)15(3)18(11-13)22-8-9-23-19-16(12-20)6-5-7-17(19)21-4/h5-7,10-11H,8-9H2,1-4H3. The SMILES string of the molecule is COc1cccc(C#N)c1OCCOc1cc(C)cc(C)c1C. The molecule has 0 saturated heterocycles. The fraction of sp³-hybridized carbons (Fsp3) is 0.316. The number of benzene rings is 2. The van der Waals surface area contributed by atoms with Crippen LogP contribution in [0.2, 0.25) is 0 Å². The van der Waals surface area contributed by atoms with Crippen LogP contribution in [-0.4, -0.2) is 20.3 Å². The van der Waals surface area contributed by atoms with Crippen LogP contribution in [0.5, 0.6) is 17.2 Å². The van der Waals surface area contributed by atoms with Crippen molar-refractivity contribution < 1.29 is 14.2 Å². The van der Waals surface area contributed by atoms with E-state index in [-0.39, 0.29) is 0 Å². The van der Waals surface area contributed by atoms with Gasteiger partial charge in [0, 0.05) is 0 Å². The lowest BCUT2D eigenvalue weighted by molar-refractivity contribution is 0.210. The fourth-order valence-electron chi connectivity index (χ4n) is 2.36. The van der Waals surface area contributed by atoms with E-state index in [1.54, 1.807) is 25.3 Å². The zero-order valence-electron chi connectivity index (χ0n) is 14.0. The van der Waals surface area contributed by atoms with Gasteiger partial charge in [-0.25, -0.2) is 0 Å². The number of nitrogens with zero attached hydrogens (tertiary/aromatic N) is 1. The molecule has 0 aliphatic heterocycles. The Kier molecular flexibility index (Phi) is 5.48. The van der Waals surface area contributed by atoms with Crippen molar-refractivity contribution in [1.29, 1.82) is 5.26 Å². The second kappa shape index (κ2) is 7.55. The molecule has 0 bridgehead atoms. The molecule has 2 rings (SSSR count). The average molecular weight is 311 g/mol. The van der Waals surface area contributed by atoms with Crippen molar-refractivity contribution >= 4 is 0 Å². The maximum atomic E-state index is 9.15. The molecule has 0 radical (unpaired) electrons. The highest BCUT2D eigenvalue weighted by Gasteiger charge is 2.10. The Morgan fingerprint density at radius 2 is 1.74 bits per heavy atom. The summed E-state index contributed by atoms with van der Waals surface area (Å²) in [5.41, 5.74) is 3.95. The molecule has 4 nitrogen and oxygen atoms in total. The molecule has 0 fully saturated rings. The quantitative estimate of drug-likeness (QED) is 0.758. The van der Waals surface area contributed by atoms with E-state index < -0.39 is 0 Å². The van der Waals surface area contributed by atoms with Crippen molar-refractivity contribution in [2.75, 3.05) is 20.3 Å². The van der Waals surface area contributed by atoms with Gasteiger partial charge in [-0.2, -0.15) is 5.26 Å². The normalized spacial score (nSPS) is 10.0. The van der Waals surface area contributed by atoms with Crippen molar-refractivity contribution in [3.63, 3.8) is 0 Å². The van der Waals surface area contributed by atoms with E-state index in [1.165, 1.54) is 11.1 Å². The second-order valence-electron chi connectivity index (χ2n) is 5.35. The molecule has 0 aliphatic rings. The molecule has 0 heterocycles. The largest absolute Gasteiger partial charge is 0.493 e. The van der Waals surface area contributed by atoms with Gasteiger partial charge in [-0.3, -0.25) is 0 Å². The Balaban J connectivity index is 2.01. The van der Waals surface area contributed by atoms with Crippen molar-refractivity contribution in [3.8, 4) is 23.3 Å². The zero-order chi connectivity index (χ0) is 16.8. The van der Waals surface area contributed by atoms with E-state index in [1.807, 2.05) is 19.9 Å². The Bertz CT molecular complexity index is 732. The maximum Gasteiger partial charge on any atom is 0.179 e. The summed E-state index contributed by atoms with van der Waals surface area (Å²) in [5.74, 6) is 1.87. The molecule has 4 heteroatoms. The third kappa shape index (κ3) is 3.95. The summed E-state index contributed by atoms with van der Waals surface area (Å²) in [7, 11) is 1.55. The molecule has 0 N–H and O–H groups in total. The lowest BCUT2D eigenvalue weighted by Crippen LogP contribution is -2.11. The molecule has 120 valence electrons. The summed E-state index contributed by atoms with van der Waals surface area (Å²) in [5, 5.41) is 9.15. The molecule has 2 aromatic carbocycles. The van der Waals surface area contributed by atoms with E-state index in [2.05, 4.69) is 19.1 Å². The van der Waals surface area contributed by atoms with Gasteiger partial charge >= 0.3 is 0 Å². The predicted molar refractivity (Wildman–Crippen MR) is 89.4 cm³/mol. The van der Waals surface area contributed by atoms with Crippen molar-refractivity contribution in [2.24, 2.45) is 0 Å². The van der Waals surface area contributed by atoms with Gasteiger partial charge in [-0.05, 0) is 55.7 Å². The summed E-state index contributed by atoms with van der Waals surface area (Å²) in [6, 6.07) is 11.5. The molecule has 0 saturated carbocycles. The molecular formula is C19H21NO3. The van der Waals surface area contributed by atoms with E-state index in [9.17, 15) is 0 Å². The number of rotatable bonds is 6. The van der Waals surface area contributed by atoms with Crippen molar-refractivity contribution in [1.82, 2.24) is 0 Å². The topological polar surface area (TPSA) is 51.5 Å². The first kappa shape index (κ1) is 16.7. The first-order valence-electron chi connectivity index (χ1n) is 7.47. The lowest BCUT2D eigenvalue weighted by Gasteiger charge is -2.14. The van der Waals surface area contributed by atoms with Gasteiger partial charge in [0.1, 0.15) is 25.0 Å². The molecule has 0 aliphatic carbocycles. The Morgan fingerprint density at radius 3 is 2.43 bits per heavy atom. The van der Waals surface area contributed by atoms with E-state index in [0.29, 0.717) is 30.3 Å². The summed E-state index contributed by atoms with van der Waals surface area (Å²) >= 11 is 0. The highest BCUT2D eigenvalue weighted by atomic mass is 16.5. The second-order valence-corrected chi connectivity index (χ2v) is 5.35. The Hall–Kier alpha value is -2.67. The van der Waals surface area contributed by atoms with Crippen LogP contribution in [0.15, 0.2) is 30.3 Å². The van der Waals surface area contributed by atoms with Crippen LogP contribution in [0.1, 0.15) is 22.3 Å². The van der Waals surface area contributed by atoms with Crippen LogP contribution in [0, 0.1) is 32.1 Å². The van der Waals surface area contributed by atoms with Crippen molar-refractivity contribution in [2.45, 2.75) is 20.8 Å². The van der Waals surface area contributed by atoms with Gasteiger partial charge in [0.2, 0.25) is 0 Å². The molecule has 0 unspecified atom stereocenters. The zero-order valence-corrected chi connectivity index (χ0v) is 14.0. The van der Waals surface area contributed by atoms with Crippen LogP contribution in [-0.2, 0) is 0 Å². The maximum absolute atomic E-state index is 9.15.